The molecule has 1 nitrogen and oxygen atoms in total. The van der Waals surface area contributed by atoms with Crippen molar-refractivity contribution in [2.75, 3.05) is 13.1 Å². The summed E-state index contributed by atoms with van der Waals surface area (Å²) in [6.07, 6.45) is 13.5. The lowest BCUT2D eigenvalue weighted by atomic mass is 10.1. The minimum absolute atomic E-state index is 1.11. The van der Waals surface area contributed by atoms with Crippen LogP contribution in [0.3, 0.4) is 0 Å². The molecule has 1 N–H and O–H groups in total. The zero-order chi connectivity index (χ0) is 11.2. The van der Waals surface area contributed by atoms with Crippen LogP contribution in [0.4, 0.5) is 0 Å². The van der Waals surface area contributed by atoms with Gasteiger partial charge in [-0.2, -0.15) is 0 Å². The molecule has 0 spiro atoms. The van der Waals surface area contributed by atoms with E-state index in [9.17, 15) is 0 Å². The Labute approximate surface area is 97.0 Å². The normalized spacial score (nSPS) is 10.8. The Morgan fingerprint density at radius 3 is 1.87 bits per heavy atom. The van der Waals surface area contributed by atoms with Crippen LogP contribution in [-0.4, -0.2) is 13.1 Å². The van der Waals surface area contributed by atoms with E-state index in [0.717, 1.165) is 6.42 Å². The predicted molar refractivity (Wildman–Crippen MR) is 70.1 cm³/mol. The molecule has 0 aromatic carbocycles. The van der Waals surface area contributed by atoms with Crippen molar-refractivity contribution in [3.05, 3.63) is 6.92 Å². The van der Waals surface area contributed by atoms with Gasteiger partial charge >= 0.3 is 0 Å². The van der Waals surface area contributed by atoms with Gasteiger partial charge in [-0.1, -0.05) is 65.2 Å². The summed E-state index contributed by atoms with van der Waals surface area (Å²) in [6, 6.07) is 0. The van der Waals surface area contributed by atoms with Crippen molar-refractivity contribution >= 4 is 0 Å². The van der Waals surface area contributed by atoms with Crippen molar-refractivity contribution in [3.8, 4) is 0 Å². The third kappa shape index (κ3) is 14.0. The van der Waals surface area contributed by atoms with Crippen molar-refractivity contribution < 1.29 is 0 Å². The fourth-order valence-corrected chi connectivity index (χ4v) is 1.74. The van der Waals surface area contributed by atoms with Gasteiger partial charge in [-0.3, -0.25) is 0 Å². The number of unbranched alkanes of at least 4 members (excludes halogenated alkanes) is 8. The summed E-state index contributed by atoms with van der Waals surface area (Å²) >= 11 is 0. The fourth-order valence-electron chi connectivity index (χ4n) is 1.74. The molecule has 0 aliphatic carbocycles. The molecule has 1 heteroatoms. The molecular formula is C14H30N. The fraction of sp³-hybridized carbons (Fsp3) is 0.929. The van der Waals surface area contributed by atoms with Crippen LogP contribution in [0, 0.1) is 6.92 Å². The smallest absolute Gasteiger partial charge is 0.00489 e. The number of rotatable bonds is 12. The van der Waals surface area contributed by atoms with E-state index in [2.05, 4.69) is 19.2 Å². The van der Waals surface area contributed by atoms with E-state index in [4.69, 9.17) is 0 Å². The van der Waals surface area contributed by atoms with E-state index in [-0.39, 0.29) is 0 Å². The van der Waals surface area contributed by atoms with Crippen LogP contribution < -0.4 is 5.32 Å². The largest absolute Gasteiger partial charge is 0.317 e. The summed E-state index contributed by atoms with van der Waals surface area (Å²) in [6.45, 7) is 8.53. The maximum Gasteiger partial charge on any atom is -0.00489 e. The highest BCUT2D eigenvalue weighted by molar-refractivity contribution is 4.50. The van der Waals surface area contributed by atoms with Gasteiger partial charge in [0.1, 0.15) is 0 Å². The summed E-state index contributed by atoms with van der Waals surface area (Å²) in [5.41, 5.74) is 0. The van der Waals surface area contributed by atoms with Gasteiger partial charge in [0.15, 0.2) is 0 Å². The molecule has 0 aliphatic heterocycles. The molecule has 0 amide bonds. The molecule has 0 bridgehead atoms. The quantitative estimate of drug-likeness (QED) is 0.475. The Morgan fingerprint density at radius 1 is 0.733 bits per heavy atom. The van der Waals surface area contributed by atoms with Crippen molar-refractivity contribution in [1.82, 2.24) is 5.32 Å². The summed E-state index contributed by atoms with van der Waals surface area (Å²) in [5, 5.41) is 3.49. The van der Waals surface area contributed by atoms with E-state index < -0.39 is 0 Å². The Kier molecular flexibility index (Phi) is 13.9. The molecule has 0 fully saturated rings. The second-order valence-corrected chi connectivity index (χ2v) is 4.43. The SMILES string of the molecule is [CH2]CCCCCCCCCNCCCC. The molecule has 0 atom stereocenters. The van der Waals surface area contributed by atoms with E-state index in [1.165, 1.54) is 70.9 Å². The first-order valence-corrected chi connectivity index (χ1v) is 6.91. The molecule has 1 radical (unpaired) electrons. The van der Waals surface area contributed by atoms with Crippen molar-refractivity contribution in [1.29, 1.82) is 0 Å². The van der Waals surface area contributed by atoms with Gasteiger partial charge in [-0.05, 0) is 25.9 Å². The second kappa shape index (κ2) is 14.0. The van der Waals surface area contributed by atoms with Gasteiger partial charge in [-0.15, -0.1) is 0 Å². The van der Waals surface area contributed by atoms with Crippen LogP contribution in [0.15, 0.2) is 0 Å². The van der Waals surface area contributed by atoms with E-state index in [1.807, 2.05) is 0 Å². The Bertz CT molecular complexity index is 89.5. The highest BCUT2D eigenvalue weighted by Gasteiger charge is 1.91. The van der Waals surface area contributed by atoms with Crippen molar-refractivity contribution in [2.24, 2.45) is 0 Å². The molecule has 0 saturated heterocycles. The van der Waals surface area contributed by atoms with Gasteiger partial charge in [-0.25, -0.2) is 0 Å². The first-order valence-electron chi connectivity index (χ1n) is 6.91. The third-order valence-corrected chi connectivity index (χ3v) is 2.81. The third-order valence-electron chi connectivity index (χ3n) is 2.81. The minimum atomic E-state index is 1.11. The lowest BCUT2D eigenvalue weighted by Crippen LogP contribution is -2.16. The molecule has 15 heavy (non-hydrogen) atoms. The second-order valence-electron chi connectivity index (χ2n) is 4.43. The molecule has 0 aromatic heterocycles. The van der Waals surface area contributed by atoms with Crippen molar-refractivity contribution in [3.63, 3.8) is 0 Å². The first kappa shape index (κ1) is 15.0. The summed E-state index contributed by atoms with van der Waals surface area (Å²) in [5.74, 6) is 0. The summed E-state index contributed by atoms with van der Waals surface area (Å²) in [4.78, 5) is 0. The number of hydrogen-bond acceptors (Lipinski definition) is 1. The number of hydrogen-bond donors (Lipinski definition) is 1. The Hall–Kier alpha value is -0.0400. The maximum atomic E-state index is 3.86. The van der Waals surface area contributed by atoms with Crippen LogP contribution >= 0.6 is 0 Å². The van der Waals surface area contributed by atoms with Crippen molar-refractivity contribution in [2.45, 2.75) is 71.1 Å². The van der Waals surface area contributed by atoms with Crippen LogP contribution in [0.1, 0.15) is 71.1 Å². The number of nitrogens with one attached hydrogen (secondary N) is 1. The molecule has 0 aliphatic rings. The summed E-state index contributed by atoms with van der Waals surface area (Å²) < 4.78 is 0. The molecule has 0 unspecified atom stereocenters. The molecule has 0 heterocycles. The molecule has 91 valence electrons. The van der Waals surface area contributed by atoms with Gasteiger partial charge in [0, 0.05) is 0 Å². The Morgan fingerprint density at radius 2 is 1.27 bits per heavy atom. The lowest BCUT2D eigenvalue weighted by molar-refractivity contribution is 0.552. The van der Waals surface area contributed by atoms with E-state index >= 15 is 0 Å². The molecule has 0 rings (SSSR count). The molecular weight excluding hydrogens is 182 g/mol. The minimum Gasteiger partial charge on any atom is -0.317 e. The molecule has 0 aromatic rings. The van der Waals surface area contributed by atoms with Crippen LogP contribution in [0.5, 0.6) is 0 Å². The lowest BCUT2D eigenvalue weighted by Gasteiger charge is -2.03. The average Bonchev–Trinajstić information content (AvgIpc) is 2.26. The van der Waals surface area contributed by atoms with Gasteiger partial charge in [0.05, 0.1) is 0 Å². The van der Waals surface area contributed by atoms with Gasteiger partial charge in [0.2, 0.25) is 0 Å². The van der Waals surface area contributed by atoms with Crippen LogP contribution in [-0.2, 0) is 0 Å². The topological polar surface area (TPSA) is 12.0 Å². The van der Waals surface area contributed by atoms with Gasteiger partial charge in [0.25, 0.3) is 0 Å². The highest BCUT2D eigenvalue weighted by Crippen LogP contribution is 2.07. The van der Waals surface area contributed by atoms with Gasteiger partial charge < -0.3 is 5.32 Å². The van der Waals surface area contributed by atoms with E-state index in [1.54, 1.807) is 0 Å². The zero-order valence-corrected chi connectivity index (χ0v) is 10.7. The highest BCUT2D eigenvalue weighted by atomic mass is 14.8. The van der Waals surface area contributed by atoms with Crippen LogP contribution in [0.25, 0.3) is 0 Å². The van der Waals surface area contributed by atoms with Crippen LogP contribution in [0.2, 0.25) is 0 Å². The summed E-state index contributed by atoms with van der Waals surface area (Å²) in [7, 11) is 0. The maximum absolute atomic E-state index is 3.86. The zero-order valence-electron chi connectivity index (χ0n) is 10.7. The van der Waals surface area contributed by atoms with E-state index in [0.29, 0.717) is 0 Å². The molecule has 0 saturated carbocycles. The Balaban J connectivity index is 2.81. The monoisotopic (exact) mass is 212 g/mol. The predicted octanol–water partition coefficient (Wildman–Crippen LogP) is 4.33. The average molecular weight is 212 g/mol. The first-order chi connectivity index (χ1) is 7.41. The standard InChI is InChI=1S/C14H30N/c1-3-5-7-8-9-10-11-12-14-15-13-6-4-2/h15H,1,3-14H2,2H3.